The quantitative estimate of drug-likeness (QED) is 0.777. The number of nitrogens with one attached hydrogen (secondary N) is 1. The number of benzene rings is 1. The molecule has 1 heterocycles. The van der Waals surface area contributed by atoms with Crippen molar-refractivity contribution in [2.75, 3.05) is 0 Å². The van der Waals surface area contributed by atoms with Gasteiger partial charge in [0.15, 0.2) is 0 Å². The highest BCUT2D eigenvalue weighted by molar-refractivity contribution is 5.82. The molecule has 0 unspecified atom stereocenters. The standard InChI is InChI=1S/C16H22N2/c1-2-4-8-14(7-3-1)17-11-13-12-18-16-10-6-5-9-15(13)16/h5-6,9-10,12,14,17-18H,1-4,7-8,11H2/p+1. The van der Waals surface area contributed by atoms with Gasteiger partial charge in [0.2, 0.25) is 0 Å². The van der Waals surface area contributed by atoms with E-state index in [1.54, 1.807) is 0 Å². The lowest BCUT2D eigenvalue weighted by atomic mass is 10.1. The van der Waals surface area contributed by atoms with Gasteiger partial charge >= 0.3 is 0 Å². The van der Waals surface area contributed by atoms with E-state index in [1.807, 2.05) is 0 Å². The topological polar surface area (TPSA) is 32.4 Å². The van der Waals surface area contributed by atoms with E-state index in [-0.39, 0.29) is 0 Å². The van der Waals surface area contributed by atoms with Crippen LogP contribution in [0.25, 0.3) is 10.9 Å². The second-order valence-electron chi connectivity index (χ2n) is 5.55. The highest BCUT2D eigenvalue weighted by Gasteiger charge is 2.15. The first kappa shape index (κ1) is 11.8. The van der Waals surface area contributed by atoms with Crippen LogP contribution in [0.2, 0.25) is 0 Å². The molecule has 96 valence electrons. The van der Waals surface area contributed by atoms with Crippen molar-refractivity contribution < 1.29 is 5.32 Å². The Morgan fingerprint density at radius 3 is 2.67 bits per heavy atom. The van der Waals surface area contributed by atoms with Crippen LogP contribution in [-0.2, 0) is 6.54 Å². The minimum absolute atomic E-state index is 0.848. The van der Waals surface area contributed by atoms with Crippen LogP contribution in [0, 0.1) is 0 Å². The number of rotatable bonds is 3. The highest BCUT2D eigenvalue weighted by atomic mass is 14.9. The Kier molecular flexibility index (Phi) is 3.65. The molecule has 0 bridgehead atoms. The first-order valence-electron chi connectivity index (χ1n) is 7.32. The molecule has 0 saturated heterocycles. The lowest BCUT2D eigenvalue weighted by Gasteiger charge is -2.12. The number of nitrogens with two attached hydrogens (primary N) is 1. The van der Waals surface area contributed by atoms with Crippen molar-refractivity contribution in [3.63, 3.8) is 0 Å². The molecule has 3 rings (SSSR count). The summed E-state index contributed by atoms with van der Waals surface area (Å²) in [6, 6.07) is 9.45. The van der Waals surface area contributed by atoms with Crippen molar-refractivity contribution in [1.29, 1.82) is 0 Å². The number of para-hydroxylation sites is 1. The first-order chi connectivity index (χ1) is 8.93. The molecule has 0 amide bonds. The van der Waals surface area contributed by atoms with Crippen LogP contribution in [0.4, 0.5) is 0 Å². The highest BCUT2D eigenvalue weighted by Crippen LogP contribution is 2.18. The summed E-state index contributed by atoms with van der Waals surface area (Å²) >= 11 is 0. The van der Waals surface area contributed by atoms with Gasteiger partial charge in [-0.25, -0.2) is 0 Å². The van der Waals surface area contributed by atoms with Crippen molar-refractivity contribution in [3.8, 4) is 0 Å². The van der Waals surface area contributed by atoms with Crippen LogP contribution in [0.5, 0.6) is 0 Å². The third kappa shape index (κ3) is 2.59. The number of aromatic amines is 1. The lowest BCUT2D eigenvalue weighted by molar-refractivity contribution is -0.705. The minimum Gasteiger partial charge on any atom is -0.361 e. The fourth-order valence-electron chi connectivity index (χ4n) is 3.14. The third-order valence-electron chi connectivity index (χ3n) is 4.25. The van der Waals surface area contributed by atoms with Crippen molar-refractivity contribution >= 4 is 10.9 Å². The van der Waals surface area contributed by atoms with Crippen molar-refractivity contribution in [2.24, 2.45) is 0 Å². The maximum Gasteiger partial charge on any atom is 0.104 e. The maximum atomic E-state index is 3.37. The zero-order chi connectivity index (χ0) is 12.2. The molecule has 1 aliphatic carbocycles. The van der Waals surface area contributed by atoms with E-state index in [0.29, 0.717) is 0 Å². The van der Waals surface area contributed by atoms with E-state index in [9.17, 15) is 0 Å². The van der Waals surface area contributed by atoms with Crippen LogP contribution in [0.15, 0.2) is 30.5 Å². The molecule has 1 saturated carbocycles. The fourth-order valence-corrected chi connectivity index (χ4v) is 3.14. The normalized spacial score (nSPS) is 18.0. The van der Waals surface area contributed by atoms with Crippen LogP contribution in [0.1, 0.15) is 44.1 Å². The number of aromatic nitrogens is 1. The Morgan fingerprint density at radius 1 is 1.06 bits per heavy atom. The molecular formula is C16H23N2+. The van der Waals surface area contributed by atoms with E-state index in [1.165, 1.54) is 55.0 Å². The third-order valence-corrected chi connectivity index (χ3v) is 4.25. The van der Waals surface area contributed by atoms with Gasteiger partial charge in [0.25, 0.3) is 0 Å². The van der Waals surface area contributed by atoms with Gasteiger partial charge in [0.1, 0.15) is 6.54 Å². The van der Waals surface area contributed by atoms with Gasteiger partial charge in [-0.15, -0.1) is 0 Å². The number of hydrogen-bond acceptors (Lipinski definition) is 0. The lowest BCUT2D eigenvalue weighted by Crippen LogP contribution is -2.88. The van der Waals surface area contributed by atoms with E-state index in [4.69, 9.17) is 0 Å². The van der Waals surface area contributed by atoms with Crippen LogP contribution in [0.3, 0.4) is 0 Å². The zero-order valence-corrected chi connectivity index (χ0v) is 11.0. The molecule has 3 N–H and O–H groups in total. The Balaban J connectivity index is 1.65. The molecule has 18 heavy (non-hydrogen) atoms. The van der Waals surface area contributed by atoms with Crippen LogP contribution >= 0.6 is 0 Å². The molecule has 2 aromatic rings. The second kappa shape index (κ2) is 5.57. The van der Waals surface area contributed by atoms with E-state index in [2.05, 4.69) is 40.8 Å². The molecule has 2 heteroatoms. The van der Waals surface area contributed by atoms with Crippen LogP contribution in [-0.4, -0.2) is 11.0 Å². The van der Waals surface area contributed by atoms with Gasteiger partial charge in [-0.3, -0.25) is 0 Å². The smallest absolute Gasteiger partial charge is 0.104 e. The number of fused-ring (bicyclic) bond motifs is 1. The van der Waals surface area contributed by atoms with Crippen molar-refractivity contribution in [2.45, 2.75) is 51.1 Å². The molecule has 0 radical (unpaired) electrons. The summed E-state index contributed by atoms with van der Waals surface area (Å²) in [4.78, 5) is 3.37. The molecule has 1 fully saturated rings. The predicted molar refractivity (Wildman–Crippen MR) is 75.4 cm³/mol. The molecule has 0 spiro atoms. The molecule has 2 nitrogen and oxygen atoms in total. The molecule has 0 atom stereocenters. The Labute approximate surface area is 109 Å². The summed E-state index contributed by atoms with van der Waals surface area (Å²) in [6.45, 7) is 1.12. The van der Waals surface area contributed by atoms with E-state index < -0.39 is 0 Å². The van der Waals surface area contributed by atoms with E-state index >= 15 is 0 Å². The predicted octanol–water partition coefficient (Wildman–Crippen LogP) is 2.95. The first-order valence-corrected chi connectivity index (χ1v) is 7.32. The minimum atomic E-state index is 0.848. The van der Waals surface area contributed by atoms with Crippen molar-refractivity contribution in [1.82, 2.24) is 4.98 Å². The maximum absolute atomic E-state index is 3.37. The monoisotopic (exact) mass is 243 g/mol. The number of H-pyrrole nitrogens is 1. The largest absolute Gasteiger partial charge is 0.361 e. The summed E-state index contributed by atoms with van der Waals surface area (Å²) in [5, 5.41) is 3.95. The van der Waals surface area contributed by atoms with Gasteiger partial charge in [-0.05, 0) is 31.7 Å². The molecule has 1 aliphatic rings. The Morgan fingerprint density at radius 2 is 1.83 bits per heavy atom. The summed E-state index contributed by atoms with van der Waals surface area (Å²) in [5.41, 5.74) is 2.72. The van der Waals surface area contributed by atoms with E-state index in [0.717, 1.165) is 12.6 Å². The Bertz CT molecular complexity index is 493. The number of quaternary nitrogens is 1. The molecule has 1 aromatic heterocycles. The van der Waals surface area contributed by atoms with Gasteiger partial charge in [0, 0.05) is 22.7 Å². The summed E-state index contributed by atoms with van der Waals surface area (Å²) in [7, 11) is 0. The molecular weight excluding hydrogens is 220 g/mol. The summed E-state index contributed by atoms with van der Waals surface area (Å²) in [6.07, 6.45) is 10.7. The second-order valence-corrected chi connectivity index (χ2v) is 5.55. The average Bonchev–Trinajstić information content (AvgIpc) is 2.64. The summed E-state index contributed by atoms with van der Waals surface area (Å²) in [5.74, 6) is 0. The Hall–Kier alpha value is -1.28. The van der Waals surface area contributed by atoms with Crippen LogP contribution < -0.4 is 5.32 Å². The number of hydrogen-bond donors (Lipinski definition) is 2. The fraction of sp³-hybridized carbons (Fsp3) is 0.500. The van der Waals surface area contributed by atoms with Gasteiger partial charge < -0.3 is 10.3 Å². The molecule has 0 aliphatic heterocycles. The zero-order valence-electron chi connectivity index (χ0n) is 11.0. The average molecular weight is 243 g/mol. The SMILES string of the molecule is c1ccc2c(C[NH2+]C3CCCCCC3)c[nH]c2c1. The molecule has 1 aromatic carbocycles. The van der Waals surface area contributed by atoms with Gasteiger partial charge in [0.05, 0.1) is 6.04 Å². The summed E-state index contributed by atoms with van der Waals surface area (Å²) < 4.78 is 0. The van der Waals surface area contributed by atoms with Gasteiger partial charge in [-0.1, -0.05) is 31.0 Å². The van der Waals surface area contributed by atoms with Gasteiger partial charge in [-0.2, -0.15) is 0 Å². The van der Waals surface area contributed by atoms with Crippen molar-refractivity contribution in [3.05, 3.63) is 36.0 Å².